The summed E-state index contributed by atoms with van der Waals surface area (Å²) in [6.07, 6.45) is 1.80. The maximum atomic E-state index is 12.2. The van der Waals surface area contributed by atoms with Gasteiger partial charge in [-0.3, -0.25) is 4.90 Å². The van der Waals surface area contributed by atoms with Gasteiger partial charge in [-0.05, 0) is 29.7 Å². The highest BCUT2D eigenvalue weighted by Crippen LogP contribution is 2.27. The summed E-state index contributed by atoms with van der Waals surface area (Å²) < 4.78 is 0. The number of aromatic nitrogens is 1. The summed E-state index contributed by atoms with van der Waals surface area (Å²) in [5.74, 6) is 0.815. The molecular formula is C19H18N4O. The van der Waals surface area contributed by atoms with Crippen molar-refractivity contribution in [3.63, 3.8) is 0 Å². The lowest BCUT2D eigenvalue weighted by molar-refractivity contribution is 0.229. The fraction of sp³-hybridized carbons (Fsp3) is 0.158. The molecule has 0 spiro atoms. The average molecular weight is 318 g/mol. The van der Waals surface area contributed by atoms with E-state index < -0.39 is 0 Å². The second-order valence-electron chi connectivity index (χ2n) is 5.91. The van der Waals surface area contributed by atoms with Crippen molar-refractivity contribution >= 4 is 34.0 Å². The van der Waals surface area contributed by atoms with Gasteiger partial charge in [0.15, 0.2) is 0 Å². The topological polar surface area (TPSA) is 48.5 Å². The van der Waals surface area contributed by atoms with Gasteiger partial charge in [-0.1, -0.05) is 30.3 Å². The van der Waals surface area contributed by atoms with E-state index in [0.29, 0.717) is 6.54 Å². The van der Waals surface area contributed by atoms with Crippen LogP contribution in [0.5, 0.6) is 0 Å². The van der Waals surface area contributed by atoms with E-state index in [4.69, 9.17) is 0 Å². The van der Waals surface area contributed by atoms with Crippen LogP contribution in [0.1, 0.15) is 0 Å². The maximum Gasteiger partial charge on any atom is 0.324 e. The Hall–Kier alpha value is -3.08. The highest BCUT2D eigenvalue weighted by molar-refractivity contribution is 5.95. The summed E-state index contributed by atoms with van der Waals surface area (Å²) in [6.45, 7) is 1.46. The molecule has 2 amide bonds. The summed E-state index contributed by atoms with van der Waals surface area (Å²) in [4.78, 5) is 20.1. The fourth-order valence-corrected chi connectivity index (χ4v) is 2.99. The van der Waals surface area contributed by atoms with E-state index in [-0.39, 0.29) is 6.03 Å². The van der Waals surface area contributed by atoms with Gasteiger partial charge >= 0.3 is 6.03 Å². The molecule has 0 saturated carbocycles. The van der Waals surface area contributed by atoms with E-state index in [1.165, 1.54) is 0 Å². The van der Waals surface area contributed by atoms with Gasteiger partial charge in [-0.2, -0.15) is 0 Å². The lowest BCUT2D eigenvalue weighted by Crippen LogP contribution is -2.29. The molecule has 1 aliphatic heterocycles. The first-order valence-electron chi connectivity index (χ1n) is 7.96. The summed E-state index contributed by atoms with van der Waals surface area (Å²) in [7, 11) is 1.82. The number of hydrogen-bond acceptors (Lipinski definition) is 3. The molecule has 24 heavy (non-hydrogen) atoms. The van der Waals surface area contributed by atoms with Crippen LogP contribution in [0, 0.1) is 0 Å². The lowest BCUT2D eigenvalue weighted by Gasteiger charge is -2.17. The van der Waals surface area contributed by atoms with Crippen molar-refractivity contribution in [1.29, 1.82) is 0 Å². The number of nitrogens with one attached hydrogen (secondary N) is 1. The van der Waals surface area contributed by atoms with Crippen LogP contribution in [0.25, 0.3) is 10.8 Å². The zero-order chi connectivity index (χ0) is 16.5. The van der Waals surface area contributed by atoms with E-state index in [1.807, 2.05) is 55.6 Å². The summed E-state index contributed by atoms with van der Waals surface area (Å²) in [6, 6.07) is 18.0. The molecule has 1 N–H and O–H groups in total. The molecule has 2 aromatic carbocycles. The van der Waals surface area contributed by atoms with E-state index in [9.17, 15) is 4.79 Å². The number of carbonyl (C=O) groups excluding carboxylic acids is 1. The predicted molar refractivity (Wildman–Crippen MR) is 96.8 cm³/mol. The van der Waals surface area contributed by atoms with Crippen LogP contribution in [0.4, 0.5) is 22.0 Å². The molecule has 5 heteroatoms. The Morgan fingerprint density at radius 2 is 1.92 bits per heavy atom. The number of rotatable bonds is 3. The predicted octanol–water partition coefficient (Wildman–Crippen LogP) is 3.85. The fourth-order valence-electron chi connectivity index (χ4n) is 2.99. The van der Waals surface area contributed by atoms with Gasteiger partial charge in [0, 0.05) is 43.1 Å². The molecule has 120 valence electrons. The number of fused-ring (bicyclic) bond motifs is 1. The van der Waals surface area contributed by atoms with Crippen molar-refractivity contribution in [2.45, 2.75) is 0 Å². The molecule has 4 rings (SSSR count). The number of nitrogens with zero attached hydrogens (tertiary/aromatic N) is 3. The Labute approximate surface area is 140 Å². The molecule has 0 aliphatic carbocycles. The van der Waals surface area contributed by atoms with E-state index in [2.05, 4.69) is 16.4 Å². The Morgan fingerprint density at radius 1 is 1.04 bits per heavy atom. The van der Waals surface area contributed by atoms with Gasteiger partial charge in [0.05, 0.1) is 0 Å². The number of urea groups is 1. The molecule has 3 aromatic rings. The van der Waals surface area contributed by atoms with E-state index >= 15 is 0 Å². The van der Waals surface area contributed by atoms with Crippen LogP contribution >= 0.6 is 0 Å². The highest BCUT2D eigenvalue weighted by Gasteiger charge is 2.26. The third kappa shape index (κ3) is 2.54. The summed E-state index contributed by atoms with van der Waals surface area (Å²) >= 11 is 0. The third-order valence-electron chi connectivity index (χ3n) is 4.31. The smallest absolute Gasteiger partial charge is 0.324 e. The number of anilines is 3. The van der Waals surface area contributed by atoms with Gasteiger partial charge < -0.3 is 10.2 Å². The van der Waals surface area contributed by atoms with Gasteiger partial charge in [0.25, 0.3) is 0 Å². The molecule has 1 aliphatic rings. The second kappa shape index (κ2) is 5.85. The molecule has 0 atom stereocenters. The van der Waals surface area contributed by atoms with E-state index in [0.717, 1.165) is 34.5 Å². The van der Waals surface area contributed by atoms with Gasteiger partial charge in [0.1, 0.15) is 5.82 Å². The molecular weight excluding hydrogens is 300 g/mol. The van der Waals surface area contributed by atoms with Gasteiger partial charge in [-0.25, -0.2) is 9.78 Å². The van der Waals surface area contributed by atoms with Crippen LogP contribution in [0.15, 0.2) is 60.8 Å². The number of hydrogen-bond donors (Lipinski definition) is 1. The lowest BCUT2D eigenvalue weighted by atomic mass is 10.1. The first-order chi connectivity index (χ1) is 11.7. The average Bonchev–Trinajstić information content (AvgIpc) is 2.95. The van der Waals surface area contributed by atoms with Gasteiger partial charge in [-0.15, -0.1) is 0 Å². The second-order valence-corrected chi connectivity index (χ2v) is 5.91. The first kappa shape index (κ1) is 14.5. The molecule has 0 radical (unpaired) electrons. The van der Waals surface area contributed by atoms with E-state index in [1.54, 1.807) is 16.0 Å². The van der Waals surface area contributed by atoms with Crippen molar-refractivity contribution in [3.8, 4) is 0 Å². The van der Waals surface area contributed by atoms with Crippen molar-refractivity contribution in [2.75, 3.05) is 30.4 Å². The Kier molecular flexibility index (Phi) is 3.54. The number of benzene rings is 2. The monoisotopic (exact) mass is 318 g/mol. The van der Waals surface area contributed by atoms with Crippen molar-refractivity contribution in [3.05, 3.63) is 60.8 Å². The molecule has 0 bridgehead atoms. The van der Waals surface area contributed by atoms with Crippen LogP contribution in [-0.4, -0.2) is 36.1 Å². The molecule has 0 unspecified atom stereocenters. The Balaban J connectivity index is 1.66. The van der Waals surface area contributed by atoms with Crippen LogP contribution in [0.3, 0.4) is 0 Å². The van der Waals surface area contributed by atoms with Crippen molar-refractivity contribution in [1.82, 2.24) is 9.88 Å². The molecule has 1 aromatic heterocycles. The van der Waals surface area contributed by atoms with Crippen LogP contribution < -0.4 is 10.2 Å². The number of likely N-dealkylation sites (N-methyl/N-ethyl adjacent to an activating group) is 1. The number of amides is 2. The minimum atomic E-state index is 0.0374. The van der Waals surface area contributed by atoms with Gasteiger partial charge in [0.2, 0.25) is 0 Å². The largest absolute Gasteiger partial charge is 0.340 e. The quantitative estimate of drug-likeness (QED) is 0.798. The number of carbonyl (C=O) groups is 1. The Morgan fingerprint density at radius 3 is 2.75 bits per heavy atom. The molecule has 5 nitrogen and oxygen atoms in total. The highest BCUT2D eigenvalue weighted by atomic mass is 16.2. The maximum absolute atomic E-state index is 12.2. The minimum absolute atomic E-state index is 0.0374. The zero-order valence-electron chi connectivity index (χ0n) is 13.4. The summed E-state index contributed by atoms with van der Waals surface area (Å²) in [5, 5.41) is 5.59. The molecule has 1 fully saturated rings. The zero-order valence-corrected chi connectivity index (χ0v) is 13.4. The standard InChI is InChI=1S/C19H18N4O/c1-22-11-12-23(19(22)24)16-7-4-6-15(13-16)21-18-17-8-3-2-5-14(17)9-10-20-18/h2-10,13H,11-12H2,1H3,(H,20,21). The Bertz CT molecular complexity index is 903. The third-order valence-corrected chi connectivity index (χ3v) is 4.31. The minimum Gasteiger partial charge on any atom is -0.340 e. The van der Waals surface area contributed by atoms with Crippen LogP contribution in [0.2, 0.25) is 0 Å². The first-order valence-corrected chi connectivity index (χ1v) is 7.96. The number of pyridine rings is 1. The molecule has 2 heterocycles. The normalized spacial score (nSPS) is 14.5. The molecule has 1 saturated heterocycles. The van der Waals surface area contributed by atoms with Crippen molar-refractivity contribution in [2.24, 2.45) is 0 Å². The van der Waals surface area contributed by atoms with Crippen molar-refractivity contribution < 1.29 is 4.79 Å². The SMILES string of the molecule is CN1CCN(c2cccc(Nc3nccc4ccccc34)c2)C1=O. The van der Waals surface area contributed by atoms with Crippen LogP contribution in [-0.2, 0) is 0 Å². The summed E-state index contributed by atoms with van der Waals surface area (Å²) in [5.41, 5.74) is 1.81.